The SMILES string of the molecule is O=C(O)c1ccc(Cn2c(=O)oc3cccnc32)nc1. The zero-order chi connectivity index (χ0) is 14.1. The molecule has 3 aromatic heterocycles. The average molecular weight is 271 g/mol. The van der Waals surface area contributed by atoms with Gasteiger partial charge in [0.05, 0.1) is 17.8 Å². The fraction of sp³-hybridized carbons (Fsp3) is 0.0769. The van der Waals surface area contributed by atoms with Crippen LogP contribution in [0.25, 0.3) is 11.2 Å². The van der Waals surface area contributed by atoms with Crippen LogP contribution < -0.4 is 5.76 Å². The summed E-state index contributed by atoms with van der Waals surface area (Å²) in [6.07, 6.45) is 2.81. The summed E-state index contributed by atoms with van der Waals surface area (Å²) in [5.74, 6) is -1.57. The van der Waals surface area contributed by atoms with Crippen LogP contribution in [0.4, 0.5) is 0 Å². The van der Waals surface area contributed by atoms with Crippen LogP contribution in [0.3, 0.4) is 0 Å². The van der Waals surface area contributed by atoms with E-state index in [0.717, 1.165) is 0 Å². The summed E-state index contributed by atoms with van der Waals surface area (Å²) in [5.41, 5.74) is 1.47. The molecule has 3 rings (SSSR count). The first-order valence-corrected chi connectivity index (χ1v) is 5.78. The predicted octanol–water partition coefficient (Wildman–Crippen LogP) is 1.13. The molecule has 0 bridgehead atoms. The third kappa shape index (κ3) is 2.05. The van der Waals surface area contributed by atoms with Crippen LogP contribution >= 0.6 is 0 Å². The molecular weight excluding hydrogens is 262 g/mol. The van der Waals surface area contributed by atoms with Gasteiger partial charge in [0.1, 0.15) is 0 Å². The number of carboxylic acids is 1. The van der Waals surface area contributed by atoms with Gasteiger partial charge in [0.2, 0.25) is 0 Å². The number of hydrogen-bond donors (Lipinski definition) is 1. The molecule has 7 heteroatoms. The van der Waals surface area contributed by atoms with E-state index in [0.29, 0.717) is 16.9 Å². The summed E-state index contributed by atoms with van der Waals surface area (Å²) in [4.78, 5) is 30.6. The largest absolute Gasteiger partial charge is 0.478 e. The highest BCUT2D eigenvalue weighted by Crippen LogP contribution is 2.10. The van der Waals surface area contributed by atoms with E-state index in [-0.39, 0.29) is 12.1 Å². The molecule has 0 saturated carbocycles. The zero-order valence-corrected chi connectivity index (χ0v) is 10.2. The minimum Gasteiger partial charge on any atom is -0.478 e. The number of rotatable bonds is 3. The van der Waals surface area contributed by atoms with Crippen molar-refractivity contribution in [1.29, 1.82) is 0 Å². The molecule has 0 radical (unpaired) electrons. The third-order valence-corrected chi connectivity index (χ3v) is 2.82. The molecule has 0 aliphatic rings. The molecule has 0 fully saturated rings. The maximum Gasteiger partial charge on any atom is 0.421 e. The number of carboxylic acid groups (broad SMARTS) is 1. The highest BCUT2D eigenvalue weighted by molar-refractivity contribution is 5.87. The Labute approximate surface area is 112 Å². The van der Waals surface area contributed by atoms with Gasteiger partial charge in [-0.15, -0.1) is 0 Å². The molecule has 0 spiro atoms. The van der Waals surface area contributed by atoms with Crippen LogP contribution in [0, 0.1) is 0 Å². The van der Waals surface area contributed by atoms with E-state index in [4.69, 9.17) is 9.52 Å². The van der Waals surface area contributed by atoms with Crippen LogP contribution in [0.2, 0.25) is 0 Å². The molecular formula is C13H9N3O4. The quantitative estimate of drug-likeness (QED) is 0.766. The van der Waals surface area contributed by atoms with E-state index in [1.807, 2.05) is 0 Å². The van der Waals surface area contributed by atoms with E-state index < -0.39 is 11.7 Å². The second-order valence-electron chi connectivity index (χ2n) is 4.12. The minimum absolute atomic E-state index is 0.0938. The van der Waals surface area contributed by atoms with Gasteiger partial charge in [0.15, 0.2) is 11.2 Å². The number of pyridine rings is 2. The van der Waals surface area contributed by atoms with Gasteiger partial charge >= 0.3 is 11.7 Å². The summed E-state index contributed by atoms with van der Waals surface area (Å²) in [6.45, 7) is 0.169. The van der Waals surface area contributed by atoms with Crippen molar-refractivity contribution in [3.63, 3.8) is 0 Å². The fourth-order valence-corrected chi connectivity index (χ4v) is 1.85. The third-order valence-electron chi connectivity index (χ3n) is 2.82. The lowest BCUT2D eigenvalue weighted by atomic mass is 10.2. The number of nitrogens with zero attached hydrogens (tertiary/aromatic N) is 3. The maximum absolute atomic E-state index is 11.8. The summed E-state index contributed by atoms with van der Waals surface area (Å²) in [6, 6.07) is 6.32. The van der Waals surface area contributed by atoms with E-state index in [1.54, 1.807) is 24.4 Å². The highest BCUT2D eigenvalue weighted by Gasteiger charge is 2.11. The van der Waals surface area contributed by atoms with Gasteiger partial charge < -0.3 is 9.52 Å². The van der Waals surface area contributed by atoms with Gasteiger partial charge in [-0.25, -0.2) is 14.6 Å². The van der Waals surface area contributed by atoms with Crippen LogP contribution in [-0.4, -0.2) is 25.6 Å². The predicted molar refractivity (Wildman–Crippen MR) is 68.6 cm³/mol. The van der Waals surface area contributed by atoms with E-state index in [9.17, 15) is 9.59 Å². The van der Waals surface area contributed by atoms with Crippen molar-refractivity contribution in [3.05, 3.63) is 58.5 Å². The van der Waals surface area contributed by atoms with E-state index >= 15 is 0 Å². The van der Waals surface area contributed by atoms with Gasteiger partial charge in [-0.05, 0) is 24.3 Å². The Hall–Kier alpha value is -2.96. The molecule has 0 unspecified atom stereocenters. The zero-order valence-electron chi connectivity index (χ0n) is 10.2. The Morgan fingerprint density at radius 1 is 1.30 bits per heavy atom. The second-order valence-corrected chi connectivity index (χ2v) is 4.12. The lowest BCUT2D eigenvalue weighted by Crippen LogP contribution is -2.16. The van der Waals surface area contributed by atoms with Gasteiger partial charge in [-0.1, -0.05) is 0 Å². The minimum atomic E-state index is -1.04. The van der Waals surface area contributed by atoms with Gasteiger partial charge in [0.25, 0.3) is 0 Å². The standard InChI is InChI=1S/C13H9N3O4/c17-12(18)8-3-4-9(15-6-8)7-16-11-10(20-13(16)19)2-1-5-14-11/h1-6H,7H2,(H,17,18). The smallest absolute Gasteiger partial charge is 0.421 e. The normalized spacial score (nSPS) is 10.8. The lowest BCUT2D eigenvalue weighted by Gasteiger charge is -2.01. The highest BCUT2D eigenvalue weighted by atomic mass is 16.4. The molecule has 1 N–H and O–H groups in total. The number of hydrogen-bond acceptors (Lipinski definition) is 5. The number of aromatic nitrogens is 3. The first-order chi connectivity index (χ1) is 9.65. The van der Waals surface area contributed by atoms with Gasteiger partial charge in [-0.2, -0.15) is 0 Å². The van der Waals surface area contributed by atoms with Crippen molar-refractivity contribution in [2.45, 2.75) is 6.54 Å². The van der Waals surface area contributed by atoms with Crippen LogP contribution in [0.1, 0.15) is 16.1 Å². The Morgan fingerprint density at radius 2 is 2.15 bits per heavy atom. The molecule has 0 atom stereocenters. The molecule has 100 valence electrons. The Bertz CT molecular complexity index is 833. The molecule has 0 aliphatic carbocycles. The van der Waals surface area contributed by atoms with Crippen LogP contribution in [0.15, 0.2) is 45.9 Å². The van der Waals surface area contributed by atoms with Crippen LogP contribution in [0.5, 0.6) is 0 Å². The Morgan fingerprint density at radius 3 is 2.85 bits per heavy atom. The summed E-state index contributed by atoms with van der Waals surface area (Å²) in [7, 11) is 0. The molecule has 0 amide bonds. The molecule has 0 aromatic carbocycles. The van der Waals surface area contributed by atoms with Crippen molar-refractivity contribution in [1.82, 2.24) is 14.5 Å². The topological polar surface area (TPSA) is 98.2 Å². The molecule has 3 heterocycles. The van der Waals surface area contributed by atoms with Crippen molar-refractivity contribution in [2.24, 2.45) is 0 Å². The van der Waals surface area contributed by atoms with Crippen molar-refractivity contribution >= 4 is 17.2 Å². The fourth-order valence-electron chi connectivity index (χ4n) is 1.85. The number of fused-ring (bicyclic) bond motifs is 1. The second kappa shape index (κ2) is 4.61. The van der Waals surface area contributed by atoms with Gasteiger partial charge in [0, 0.05) is 12.4 Å². The molecule has 7 nitrogen and oxygen atoms in total. The molecule has 0 saturated heterocycles. The Kier molecular flexibility index (Phi) is 2.79. The molecule has 0 aliphatic heterocycles. The molecule has 3 aromatic rings. The van der Waals surface area contributed by atoms with E-state index in [1.165, 1.54) is 16.8 Å². The van der Waals surface area contributed by atoms with E-state index in [2.05, 4.69) is 9.97 Å². The van der Waals surface area contributed by atoms with Crippen LogP contribution in [-0.2, 0) is 6.54 Å². The number of aromatic carboxylic acids is 1. The van der Waals surface area contributed by atoms with Gasteiger partial charge in [-0.3, -0.25) is 9.55 Å². The first kappa shape index (κ1) is 12.1. The van der Waals surface area contributed by atoms with Crippen molar-refractivity contribution < 1.29 is 14.3 Å². The maximum atomic E-state index is 11.8. The monoisotopic (exact) mass is 271 g/mol. The van der Waals surface area contributed by atoms with Crippen molar-refractivity contribution in [3.8, 4) is 0 Å². The summed E-state index contributed by atoms with van der Waals surface area (Å²) >= 11 is 0. The molecule has 20 heavy (non-hydrogen) atoms. The first-order valence-electron chi connectivity index (χ1n) is 5.78. The lowest BCUT2D eigenvalue weighted by molar-refractivity contribution is 0.0696. The summed E-state index contributed by atoms with van der Waals surface area (Å²) in [5, 5.41) is 8.80. The van der Waals surface area contributed by atoms with Crippen molar-refractivity contribution in [2.75, 3.05) is 0 Å². The Balaban J connectivity index is 1.99. The average Bonchev–Trinajstić information content (AvgIpc) is 2.76. The summed E-state index contributed by atoms with van der Waals surface area (Å²) < 4.78 is 6.40. The number of carbonyl (C=O) groups is 1. The number of oxazole rings is 1.